The van der Waals surface area contributed by atoms with Crippen LogP contribution in [0.5, 0.6) is 0 Å². The van der Waals surface area contributed by atoms with E-state index in [9.17, 15) is 0 Å². The second kappa shape index (κ2) is 6.36. The molecule has 0 aliphatic carbocycles. The minimum Gasteiger partial charge on any atom is -0.317 e. The highest BCUT2D eigenvalue weighted by Gasteiger charge is 2.06. The molecule has 2 aromatic carbocycles. The summed E-state index contributed by atoms with van der Waals surface area (Å²) >= 11 is 0. The molecule has 0 saturated heterocycles. The minimum absolute atomic E-state index is 0.532. The predicted octanol–water partition coefficient (Wildman–Crippen LogP) is 3.94. The molecule has 0 aliphatic rings. The van der Waals surface area contributed by atoms with Gasteiger partial charge in [0.05, 0.1) is 0 Å². The van der Waals surface area contributed by atoms with Gasteiger partial charge in [-0.25, -0.2) is 0 Å². The van der Waals surface area contributed by atoms with Gasteiger partial charge in [0.15, 0.2) is 0 Å². The van der Waals surface area contributed by atoms with Crippen LogP contribution in [0.25, 0.3) is 10.8 Å². The number of hydrogen-bond donors (Lipinski definition) is 1. The Bertz CT molecular complexity index is 516. The van der Waals surface area contributed by atoms with Crippen molar-refractivity contribution < 1.29 is 0 Å². The maximum absolute atomic E-state index is 3.79. The number of rotatable bonds is 6. The fourth-order valence-electron chi connectivity index (χ4n) is 2.32. The van der Waals surface area contributed by atoms with Crippen LogP contribution in [-0.4, -0.2) is 13.1 Å². The maximum atomic E-state index is 3.79. The molecule has 1 unspecified atom stereocenters. The van der Waals surface area contributed by atoms with Gasteiger partial charge in [-0.15, -0.1) is 6.58 Å². The largest absolute Gasteiger partial charge is 0.317 e. The molecule has 1 atom stereocenters. The van der Waals surface area contributed by atoms with Crippen LogP contribution in [0.15, 0.2) is 55.1 Å². The Morgan fingerprint density at radius 1 is 1.17 bits per heavy atom. The predicted molar refractivity (Wildman–Crippen MR) is 79.9 cm³/mol. The van der Waals surface area contributed by atoms with Gasteiger partial charge in [-0.1, -0.05) is 48.5 Å². The van der Waals surface area contributed by atoms with E-state index in [1.54, 1.807) is 0 Å². The van der Waals surface area contributed by atoms with E-state index < -0.39 is 0 Å². The first kappa shape index (κ1) is 12.8. The van der Waals surface area contributed by atoms with E-state index in [1.165, 1.54) is 16.3 Å². The van der Waals surface area contributed by atoms with Crippen LogP contribution < -0.4 is 5.32 Å². The van der Waals surface area contributed by atoms with E-state index in [0.717, 1.165) is 19.3 Å². The van der Waals surface area contributed by atoms with Gasteiger partial charge in [0.1, 0.15) is 0 Å². The van der Waals surface area contributed by atoms with Crippen LogP contribution >= 0.6 is 0 Å². The van der Waals surface area contributed by atoms with Gasteiger partial charge in [0.25, 0.3) is 0 Å². The molecule has 0 amide bonds. The van der Waals surface area contributed by atoms with Crippen LogP contribution in [0.2, 0.25) is 0 Å². The lowest BCUT2D eigenvalue weighted by molar-refractivity contribution is 0.525. The van der Waals surface area contributed by atoms with Crippen molar-refractivity contribution in [2.75, 3.05) is 7.05 Å². The number of nitrogens with one attached hydrogen (secondary N) is 1. The molecule has 1 heteroatoms. The molecule has 1 N–H and O–H groups in total. The normalized spacial score (nSPS) is 12.5. The standard InChI is InChI=1S/C17H21N/c1-3-4-9-17(18-2)13-14-10-11-15-7-5-6-8-16(15)12-14/h3,5-8,10-12,17-18H,1,4,9,13H2,2H3. The summed E-state index contributed by atoms with van der Waals surface area (Å²) in [6, 6.07) is 15.8. The summed E-state index contributed by atoms with van der Waals surface area (Å²) in [6.07, 6.45) is 5.28. The van der Waals surface area contributed by atoms with E-state index in [4.69, 9.17) is 0 Å². The third-order valence-electron chi connectivity index (χ3n) is 3.42. The molecule has 0 bridgehead atoms. The molecule has 0 aromatic heterocycles. The lowest BCUT2D eigenvalue weighted by Crippen LogP contribution is -2.27. The van der Waals surface area contributed by atoms with Crippen LogP contribution in [0.3, 0.4) is 0 Å². The Morgan fingerprint density at radius 3 is 2.67 bits per heavy atom. The summed E-state index contributed by atoms with van der Waals surface area (Å²) in [5.74, 6) is 0. The summed E-state index contributed by atoms with van der Waals surface area (Å²) < 4.78 is 0. The highest BCUT2D eigenvalue weighted by molar-refractivity contribution is 5.82. The average Bonchev–Trinajstić information content (AvgIpc) is 2.43. The van der Waals surface area contributed by atoms with Gasteiger partial charge < -0.3 is 5.32 Å². The maximum Gasteiger partial charge on any atom is 0.0107 e. The van der Waals surface area contributed by atoms with Crippen molar-refractivity contribution in [3.8, 4) is 0 Å². The van der Waals surface area contributed by atoms with Gasteiger partial charge in [-0.2, -0.15) is 0 Å². The molecule has 18 heavy (non-hydrogen) atoms. The molecule has 0 heterocycles. The summed E-state index contributed by atoms with van der Waals surface area (Å²) in [5, 5.41) is 6.03. The molecular weight excluding hydrogens is 218 g/mol. The Morgan fingerprint density at radius 2 is 1.94 bits per heavy atom. The number of benzene rings is 2. The smallest absolute Gasteiger partial charge is 0.0107 e. The summed E-state index contributed by atoms with van der Waals surface area (Å²) in [7, 11) is 2.04. The third-order valence-corrected chi connectivity index (χ3v) is 3.42. The van der Waals surface area contributed by atoms with Crippen LogP contribution in [0.1, 0.15) is 18.4 Å². The van der Waals surface area contributed by atoms with Gasteiger partial charge in [0.2, 0.25) is 0 Å². The fraction of sp³-hybridized carbons (Fsp3) is 0.294. The molecular formula is C17H21N. The van der Waals surface area contributed by atoms with E-state index in [1.807, 2.05) is 13.1 Å². The summed E-state index contributed by atoms with van der Waals surface area (Å²) in [5.41, 5.74) is 1.40. The second-order valence-electron chi connectivity index (χ2n) is 4.74. The zero-order valence-corrected chi connectivity index (χ0v) is 11.0. The van der Waals surface area contributed by atoms with Crippen LogP contribution in [0.4, 0.5) is 0 Å². The molecule has 0 fully saturated rings. The molecule has 0 aliphatic heterocycles. The quantitative estimate of drug-likeness (QED) is 0.753. The highest BCUT2D eigenvalue weighted by atomic mass is 14.9. The number of likely N-dealkylation sites (N-methyl/N-ethyl adjacent to an activating group) is 1. The molecule has 2 rings (SSSR count). The van der Waals surface area contributed by atoms with Crippen molar-refractivity contribution in [1.29, 1.82) is 0 Å². The van der Waals surface area contributed by atoms with Gasteiger partial charge in [-0.3, -0.25) is 0 Å². The van der Waals surface area contributed by atoms with Crippen molar-refractivity contribution in [3.63, 3.8) is 0 Å². The molecule has 1 nitrogen and oxygen atoms in total. The van der Waals surface area contributed by atoms with Crippen LogP contribution in [0, 0.1) is 0 Å². The first-order chi connectivity index (χ1) is 8.83. The molecule has 2 aromatic rings. The molecule has 0 saturated carbocycles. The molecule has 0 spiro atoms. The Kier molecular flexibility index (Phi) is 4.54. The highest BCUT2D eigenvalue weighted by Crippen LogP contribution is 2.17. The first-order valence-electron chi connectivity index (χ1n) is 6.59. The zero-order chi connectivity index (χ0) is 12.8. The van der Waals surface area contributed by atoms with Crippen molar-refractivity contribution in [3.05, 3.63) is 60.7 Å². The van der Waals surface area contributed by atoms with E-state index in [2.05, 4.69) is 54.4 Å². The van der Waals surface area contributed by atoms with Crippen molar-refractivity contribution >= 4 is 10.8 Å². The van der Waals surface area contributed by atoms with E-state index in [-0.39, 0.29) is 0 Å². The topological polar surface area (TPSA) is 12.0 Å². The number of hydrogen-bond acceptors (Lipinski definition) is 1. The van der Waals surface area contributed by atoms with Gasteiger partial charge in [0, 0.05) is 6.04 Å². The van der Waals surface area contributed by atoms with E-state index in [0.29, 0.717) is 6.04 Å². The SMILES string of the molecule is C=CCCC(Cc1ccc2ccccc2c1)NC. The van der Waals surface area contributed by atoms with Gasteiger partial charge in [-0.05, 0) is 42.6 Å². The minimum atomic E-state index is 0.532. The second-order valence-corrected chi connectivity index (χ2v) is 4.74. The lowest BCUT2D eigenvalue weighted by atomic mass is 9.99. The van der Waals surface area contributed by atoms with Crippen molar-refractivity contribution in [2.24, 2.45) is 0 Å². The zero-order valence-electron chi connectivity index (χ0n) is 11.0. The van der Waals surface area contributed by atoms with Gasteiger partial charge >= 0.3 is 0 Å². The molecule has 0 radical (unpaired) electrons. The Labute approximate surface area is 110 Å². The first-order valence-corrected chi connectivity index (χ1v) is 6.59. The van der Waals surface area contributed by atoms with Crippen LogP contribution in [-0.2, 0) is 6.42 Å². The van der Waals surface area contributed by atoms with Crippen molar-refractivity contribution in [1.82, 2.24) is 5.32 Å². The lowest BCUT2D eigenvalue weighted by Gasteiger charge is -2.15. The molecule has 94 valence electrons. The summed E-state index contributed by atoms with van der Waals surface area (Å²) in [6.45, 7) is 3.79. The number of fused-ring (bicyclic) bond motifs is 1. The van der Waals surface area contributed by atoms with Crippen molar-refractivity contribution in [2.45, 2.75) is 25.3 Å². The van der Waals surface area contributed by atoms with E-state index >= 15 is 0 Å². The fourth-order valence-corrected chi connectivity index (χ4v) is 2.32. The average molecular weight is 239 g/mol. The third kappa shape index (κ3) is 3.21. The Hall–Kier alpha value is -1.60. The Balaban J connectivity index is 2.12. The summed E-state index contributed by atoms with van der Waals surface area (Å²) in [4.78, 5) is 0. The number of allylic oxidation sites excluding steroid dienone is 1. The monoisotopic (exact) mass is 239 g/mol.